The largest absolute Gasteiger partial charge is 0.447 e. The number of hydrogen-bond acceptors (Lipinski definition) is 3. The molecule has 5 heteroatoms. The number of carbonyl (C=O) groups is 2. The molecule has 1 spiro atoms. The van der Waals surface area contributed by atoms with E-state index in [4.69, 9.17) is 4.74 Å². The molecular formula is C21H26N2O3. The van der Waals surface area contributed by atoms with Gasteiger partial charge in [0.05, 0.1) is 5.54 Å². The van der Waals surface area contributed by atoms with Crippen LogP contribution in [0.5, 0.6) is 0 Å². The molecule has 2 saturated heterocycles. The van der Waals surface area contributed by atoms with E-state index in [9.17, 15) is 9.59 Å². The second-order valence-electron chi connectivity index (χ2n) is 9.14. The van der Waals surface area contributed by atoms with Crippen LogP contribution in [-0.2, 0) is 14.9 Å². The Morgan fingerprint density at radius 1 is 1.31 bits per heavy atom. The molecule has 2 saturated carbocycles. The molecule has 2 aliphatic carbocycles. The van der Waals surface area contributed by atoms with Crippen molar-refractivity contribution in [2.75, 3.05) is 19.7 Å². The third-order valence-corrected chi connectivity index (χ3v) is 7.06. The Morgan fingerprint density at radius 3 is 2.81 bits per heavy atom. The van der Waals surface area contributed by atoms with E-state index in [0.29, 0.717) is 31.3 Å². The number of likely N-dealkylation sites (tertiary alicyclic amines) is 1. The number of ether oxygens (including phenoxy) is 1. The quantitative estimate of drug-likeness (QED) is 0.908. The zero-order chi connectivity index (χ0) is 18.1. The predicted molar refractivity (Wildman–Crippen MR) is 96.8 cm³/mol. The first-order valence-electron chi connectivity index (χ1n) is 9.75. The number of hydrogen-bond donors (Lipinski definition) is 1. The lowest BCUT2D eigenvalue weighted by Crippen LogP contribution is -2.58. The molecule has 0 aromatic heterocycles. The third-order valence-electron chi connectivity index (χ3n) is 7.06. The number of cyclic esters (lactones) is 1. The summed E-state index contributed by atoms with van der Waals surface area (Å²) in [5.41, 5.74) is 2.70. The summed E-state index contributed by atoms with van der Waals surface area (Å²) in [5, 5.41) is 2.88. The van der Waals surface area contributed by atoms with Gasteiger partial charge in [0.25, 0.3) is 0 Å². The number of benzene rings is 1. The molecule has 0 unspecified atom stereocenters. The van der Waals surface area contributed by atoms with Crippen molar-refractivity contribution >= 4 is 12.0 Å². The first-order valence-corrected chi connectivity index (χ1v) is 9.75. The van der Waals surface area contributed by atoms with Gasteiger partial charge in [0.15, 0.2) is 0 Å². The maximum Gasteiger partial charge on any atom is 0.407 e. The Bertz CT molecular complexity index is 783. The van der Waals surface area contributed by atoms with Crippen LogP contribution in [0, 0.1) is 11.8 Å². The summed E-state index contributed by atoms with van der Waals surface area (Å²) in [6, 6.07) is 8.95. The molecule has 2 heterocycles. The summed E-state index contributed by atoms with van der Waals surface area (Å²) in [6.07, 6.45) is 2.29. The predicted octanol–water partition coefficient (Wildman–Crippen LogP) is 2.80. The molecule has 1 N–H and O–H groups in total. The van der Waals surface area contributed by atoms with Crippen LogP contribution in [-0.4, -0.2) is 42.1 Å². The lowest BCUT2D eigenvalue weighted by atomic mass is 9.68. The molecule has 2 amide bonds. The Balaban J connectivity index is 1.26. The average molecular weight is 354 g/mol. The lowest BCUT2D eigenvalue weighted by Gasteiger charge is -2.43. The second-order valence-corrected chi connectivity index (χ2v) is 9.14. The molecule has 5 rings (SSSR count). The monoisotopic (exact) mass is 354 g/mol. The van der Waals surface area contributed by atoms with Gasteiger partial charge in [-0.2, -0.15) is 0 Å². The van der Waals surface area contributed by atoms with Crippen molar-refractivity contribution < 1.29 is 14.3 Å². The van der Waals surface area contributed by atoms with Gasteiger partial charge in [-0.3, -0.25) is 4.79 Å². The molecular weight excluding hydrogens is 328 g/mol. The number of fused-ring (bicyclic) bond motifs is 1. The van der Waals surface area contributed by atoms with Crippen LogP contribution >= 0.6 is 0 Å². The van der Waals surface area contributed by atoms with E-state index in [1.54, 1.807) is 0 Å². The molecule has 5 nitrogen and oxygen atoms in total. The van der Waals surface area contributed by atoms with Crippen molar-refractivity contribution in [1.29, 1.82) is 0 Å². The number of nitrogens with one attached hydrogen (secondary N) is 1. The van der Waals surface area contributed by atoms with E-state index < -0.39 is 0 Å². The van der Waals surface area contributed by atoms with Crippen molar-refractivity contribution in [3.8, 4) is 0 Å². The van der Waals surface area contributed by atoms with Crippen LogP contribution in [0.2, 0.25) is 0 Å². The van der Waals surface area contributed by atoms with Crippen LogP contribution in [0.1, 0.15) is 50.2 Å². The molecule has 26 heavy (non-hydrogen) atoms. The van der Waals surface area contributed by atoms with Gasteiger partial charge in [0.2, 0.25) is 5.91 Å². The first-order chi connectivity index (χ1) is 12.4. The van der Waals surface area contributed by atoms with E-state index in [2.05, 4.69) is 48.3 Å². The van der Waals surface area contributed by atoms with Crippen molar-refractivity contribution in [1.82, 2.24) is 10.2 Å². The minimum Gasteiger partial charge on any atom is -0.447 e. The summed E-state index contributed by atoms with van der Waals surface area (Å²) < 4.78 is 5.02. The summed E-state index contributed by atoms with van der Waals surface area (Å²) in [7, 11) is 0. The average Bonchev–Trinajstić information content (AvgIpc) is 2.96. The van der Waals surface area contributed by atoms with Gasteiger partial charge in [-0.25, -0.2) is 4.79 Å². The molecule has 0 radical (unpaired) electrons. The van der Waals surface area contributed by atoms with Gasteiger partial charge in [0.1, 0.15) is 6.61 Å². The van der Waals surface area contributed by atoms with Crippen molar-refractivity contribution in [2.24, 2.45) is 11.8 Å². The normalized spacial score (nSPS) is 37.3. The van der Waals surface area contributed by atoms with Crippen LogP contribution in [0.15, 0.2) is 24.3 Å². The minimum absolute atomic E-state index is 0.0357. The number of nitrogens with zero attached hydrogens (tertiary/aromatic N) is 1. The number of carbonyl (C=O) groups excluding carboxylic acids is 2. The number of piperidine rings is 1. The Hall–Kier alpha value is -2.04. The molecule has 1 aromatic carbocycles. The van der Waals surface area contributed by atoms with Crippen LogP contribution in [0.4, 0.5) is 4.79 Å². The van der Waals surface area contributed by atoms with E-state index in [1.807, 2.05) is 0 Å². The van der Waals surface area contributed by atoms with Crippen molar-refractivity contribution in [3.05, 3.63) is 35.4 Å². The SMILES string of the molecule is CC(C)c1cccc([C@@]23C[C@@H]2CN(C(=O)C2CC4(COC(=O)N4)C2)C3)c1. The summed E-state index contributed by atoms with van der Waals surface area (Å²) in [5.74, 6) is 1.44. The number of amides is 2. The van der Waals surface area contributed by atoms with Crippen molar-refractivity contribution in [3.63, 3.8) is 0 Å². The Kier molecular flexibility index (Phi) is 3.26. The molecule has 4 aliphatic rings. The van der Waals surface area contributed by atoms with Crippen molar-refractivity contribution in [2.45, 2.75) is 50.0 Å². The molecule has 4 fully saturated rings. The smallest absolute Gasteiger partial charge is 0.407 e. The first kappa shape index (κ1) is 16.2. The fourth-order valence-electron chi connectivity index (χ4n) is 5.33. The zero-order valence-electron chi connectivity index (χ0n) is 15.5. The van der Waals surface area contributed by atoms with E-state index in [0.717, 1.165) is 13.1 Å². The van der Waals surface area contributed by atoms with Gasteiger partial charge in [-0.05, 0) is 42.2 Å². The zero-order valence-corrected chi connectivity index (χ0v) is 15.5. The standard InChI is InChI=1S/C21H26N2O3/c1-13(2)14-4-3-5-16(6-14)21-9-17(21)10-23(11-21)18(24)15-7-20(8-15)12-26-19(25)22-20/h3-6,13,15,17H,7-12H2,1-2H3,(H,22,25)/t15?,17-,20?,21+/m1/s1. The molecule has 2 aliphatic heterocycles. The second kappa shape index (κ2) is 5.24. The maximum absolute atomic E-state index is 12.9. The Morgan fingerprint density at radius 2 is 2.12 bits per heavy atom. The molecule has 0 bridgehead atoms. The van der Waals surface area contributed by atoms with Gasteiger partial charge in [-0.15, -0.1) is 0 Å². The molecule has 138 valence electrons. The van der Waals surface area contributed by atoms with E-state index >= 15 is 0 Å². The third kappa shape index (κ3) is 2.29. The lowest BCUT2D eigenvalue weighted by molar-refractivity contribution is -0.140. The van der Waals surface area contributed by atoms with Gasteiger partial charge in [0, 0.05) is 24.4 Å². The Labute approximate surface area is 154 Å². The summed E-state index contributed by atoms with van der Waals surface area (Å²) in [6.45, 7) is 6.60. The number of rotatable bonds is 3. The minimum atomic E-state index is -0.345. The van der Waals surface area contributed by atoms with Crippen LogP contribution in [0.25, 0.3) is 0 Å². The number of alkyl carbamates (subject to hydrolysis) is 1. The topological polar surface area (TPSA) is 58.6 Å². The highest BCUT2D eigenvalue weighted by atomic mass is 16.6. The fourth-order valence-corrected chi connectivity index (χ4v) is 5.33. The van der Waals surface area contributed by atoms with E-state index in [1.165, 1.54) is 17.5 Å². The van der Waals surface area contributed by atoms with Gasteiger partial charge >= 0.3 is 6.09 Å². The highest BCUT2D eigenvalue weighted by Gasteiger charge is 2.63. The van der Waals surface area contributed by atoms with Gasteiger partial charge in [-0.1, -0.05) is 38.1 Å². The highest BCUT2D eigenvalue weighted by molar-refractivity contribution is 5.82. The molecule has 2 atom stereocenters. The highest BCUT2D eigenvalue weighted by Crippen LogP contribution is 2.59. The summed E-state index contributed by atoms with van der Waals surface area (Å²) >= 11 is 0. The maximum atomic E-state index is 12.9. The summed E-state index contributed by atoms with van der Waals surface area (Å²) in [4.78, 5) is 26.3. The van der Waals surface area contributed by atoms with Crippen LogP contribution in [0.3, 0.4) is 0 Å². The van der Waals surface area contributed by atoms with Crippen LogP contribution < -0.4 is 5.32 Å². The fraction of sp³-hybridized carbons (Fsp3) is 0.619. The molecule has 1 aromatic rings. The van der Waals surface area contributed by atoms with Gasteiger partial charge < -0.3 is 15.0 Å². The van der Waals surface area contributed by atoms with E-state index in [-0.39, 0.29) is 28.9 Å².